The van der Waals surface area contributed by atoms with Gasteiger partial charge in [-0.1, -0.05) is 255 Å². The number of anilines is 3. The van der Waals surface area contributed by atoms with E-state index < -0.39 is 10.8 Å². The number of nitrogens with zero attached hydrogens (tertiary/aromatic N) is 1. The number of rotatable bonds is 9. The van der Waals surface area contributed by atoms with Crippen molar-refractivity contribution in [2.45, 2.75) is 10.8 Å². The van der Waals surface area contributed by atoms with Crippen LogP contribution in [-0.4, -0.2) is 0 Å². The van der Waals surface area contributed by atoms with E-state index in [0.29, 0.717) is 0 Å². The third-order valence-electron chi connectivity index (χ3n) is 14.8. The SMILES string of the molecule is c1ccc(-c2ccc(N(c3cccc(C4(c5ccccc5)c5ccccc5C5(c6ccccc6)c6ccccc6-c6cccc4c65)c3)c3cc(-c4ccccc4)ccc3-c3ccccc3)cc2)cc1. The number of benzene rings is 11. The Balaban J connectivity index is 1.11. The van der Waals surface area contributed by atoms with E-state index in [1.807, 2.05) is 0 Å². The van der Waals surface area contributed by atoms with Crippen LogP contribution in [0.15, 0.2) is 285 Å². The van der Waals surface area contributed by atoms with E-state index in [9.17, 15) is 0 Å². The molecule has 2 unspecified atom stereocenters. The van der Waals surface area contributed by atoms with E-state index >= 15 is 0 Å². The molecule has 1 nitrogen and oxygen atoms in total. The fourth-order valence-corrected chi connectivity index (χ4v) is 12.0. The lowest BCUT2D eigenvalue weighted by atomic mass is 9.51. The molecule has 2 aliphatic rings. The molecule has 0 saturated heterocycles. The molecule has 13 rings (SSSR count). The van der Waals surface area contributed by atoms with Crippen molar-refractivity contribution in [2.24, 2.45) is 0 Å². The molecule has 0 saturated carbocycles. The first-order valence-electron chi connectivity index (χ1n) is 24.0. The van der Waals surface area contributed by atoms with Gasteiger partial charge in [0.1, 0.15) is 0 Å². The molecule has 2 aliphatic carbocycles. The van der Waals surface area contributed by atoms with Crippen molar-refractivity contribution in [1.82, 2.24) is 0 Å². The van der Waals surface area contributed by atoms with Crippen LogP contribution in [0, 0.1) is 0 Å². The standard InChI is InChI=1S/C68H47N/c1-6-22-48(23-7-1)50-40-43-56(44-41-50)69(65-46-52(49-24-8-2-9-25-49)42-45-58(65)51-26-10-3-11-27-51)57-33-20-32-55(47-57)67(53-28-12-4-13-29-53)62-37-18-19-38-63(62)68(54-30-14-5-15-31-54)61-36-17-16-34-59(61)60-35-21-39-64(67)66(60)68/h1-47H. The molecule has 1 heteroatoms. The predicted octanol–water partition coefficient (Wildman–Crippen LogP) is 17.2. The van der Waals surface area contributed by atoms with Crippen LogP contribution in [0.4, 0.5) is 17.1 Å². The molecule has 0 heterocycles. The monoisotopic (exact) mass is 877 g/mol. The average molecular weight is 878 g/mol. The van der Waals surface area contributed by atoms with Crippen molar-refractivity contribution >= 4 is 17.1 Å². The van der Waals surface area contributed by atoms with Gasteiger partial charge in [-0.3, -0.25) is 0 Å². The molecule has 0 bridgehead atoms. The fraction of sp³-hybridized carbons (Fsp3) is 0.0294. The summed E-state index contributed by atoms with van der Waals surface area (Å²) in [6.07, 6.45) is 0. The lowest BCUT2D eigenvalue weighted by Gasteiger charge is -2.49. The summed E-state index contributed by atoms with van der Waals surface area (Å²) in [6.45, 7) is 0. The topological polar surface area (TPSA) is 3.24 Å². The van der Waals surface area contributed by atoms with Gasteiger partial charge in [-0.2, -0.15) is 0 Å². The molecule has 0 radical (unpaired) electrons. The summed E-state index contributed by atoms with van der Waals surface area (Å²) in [7, 11) is 0. The smallest absolute Gasteiger partial charge is 0.0720 e. The lowest BCUT2D eigenvalue weighted by Crippen LogP contribution is -2.44. The summed E-state index contributed by atoms with van der Waals surface area (Å²) in [4.78, 5) is 2.49. The second-order valence-electron chi connectivity index (χ2n) is 18.3. The van der Waals surface area contributed by atoms with Crippen LogP contribution in [0.1, 0.15) is 44.5 Å². The van der Waals surface area contributed by atoms with E-state index in [0.717, 1.165) is 33.8 Å². The van der Waals surface area contributed by atoms with Gasteiger partial charge in [-0.25, -0.2) is 0 Å². The highest BCUT2D eigenvalue weighted by Crippen LogP contribution is 2.66. The third-order valence-corrected chi connectivity index (χ3v) is 14.8. The molecule has 69 heavy (non-hydrogen) atoms. The summed E-state index contributed by atoms with van der Waals surface area (Å²) in [6, 6.07) is 106. The van der Waals surface area contributed by atoms with Gasteiger partial charge in [-0.15, -0.1) is 0 Å². The van der Waals surface area contributed by atoms with Crippen LogP contribution < -0.4 is 4.90 Å². The molecule has 0 N–H and O–H groups in total. The predicted molar refractivity (Wildman–Crippen MR) is 287 cm³/mol. The molecule has 0 aliphatic heterocycles. The highest BCUT2D eigenvalue weighted by molar-refractivity contribution is 5.94. The van der Waals surface area contributed by atoms with Crippen molar-refractivity contribution in [3.05, 3.63) is 330 Å². The van der Waals surface area contributed by atoms with E-state index in [1.165, 1.54) is 72.3 Å². The molecule has 0 spiro atoms. The normalized spacial score (nSPS) is 16.2. The maximum Gasteiger partial charge on any atom is 0.0720 e. The maximum atomic E-state index is 2.49. The van der Waals surface area contributed by atoms with Gasteiger partial charge >= 0.3 is 0 Å². The second-order valence-corrected chi connectivity index (χ2v) is 18.3. The highest BCUT2D eigenvalue weighted by atomic mass is 15.1. The third kappa shape index (κ3) is 6.24. The Labute approximate surface area is 404 Å². The first-order chi connectivity index (χ1) is 34.2. The Morgan fingerprint density at radius 1 is 0.232 bits per heavy atom. The van der Waals surface area contributed by atoms with Gasteiger partial charge in [0.05, 0.1) is 16.5 Å². The van der Waals surface area contributed by atoms with Crippen molar-refractivity contribution in [3.63, 3.8) is 0 Å². The van der Waals surface area contributed by atoms with Crippen LogP contribution in [-0.2, 0) is 10.8 Å². The summed E-state index contributed by atoms with van der Waals surface area (Å²) < 4.78 is 0. The van der Waals surface area contributed by atoms with Gasteiger partial charge < -0.3 is 4.90 Å². The molecule has 0 amide bonds. The van der Waals surface area contributed by atoms with Gasteiger partial charge in [0, 0.05) is 16.9 Å². The Hall–Kier alpha value is -8.78. The zero-order valence-corrected chi connectivity index (χ0v) is 38.1. The van der Waals surface area contributed by atoms with E-state index in [2.05, 4.69) is 290 Å². The summed E-state index contributed by atoms with van der Waals surface area (Å²) in [5.74, 6) is 0. The van der Waals surface area contributed by atoms with Crippen molar-refractivity contribution in [1.29, 1.82) is 0 Å². The van der Waals surface area contributed by atoms with Gasteiger partial charge in [-0.05, 0) is 114 Å². The lowest BCUT2D eigenvalue weighted by molar-refractivity contribution is 0.627. The molecular weight excluding hydrogens is 831 g/mol. The molecule has 11 aromatic rings. The molecular formula is C68H47N. The number of hydrogen-bond acceptors (Lipinski definition) is 1. The van der Waals surface area contributed by atoms with Crippen LogP contribution >= 0.6 is 0 Å². The average Bonchev–Trinajstić information content (AvgIpc) is 3.75. The minimum absolute atomic E-state index is 0.523. The Morgan fingerprint density at radius 2 is 0.681 bits per heavy atom. The summed E-state index contributed by atoms with van der Waals surface area (Å²) in [5.41, 5.74) is 21.9. The second kappa shape index (κ2) is 16.5. The Morgan fingerprint density at radius 3 is 1.33 bits per heavy atom. The van der Waals surface area contributed by atoms with E-state index in [4.69, 9.17) is 0 Å². The number of fused-ring (bicyclic) bond motifs is 5. The first-order valence-corrected chi connectivity index (χ1v) is 24.0. The molecule has 2 atom stereocenters. The highest BCUT2D eigenvalue weighted by Gasteiger charge is 2.57. The van der Waals surface area contributed by atoms with Crippen molar-refractivity contribution in [3.8, 4) is 44.5 Å². The summed E-state index contributed by atoms with van der Waals surface area (Å²) in [5, 5.41) is 0. The summed E-state index contributed by atoms with van der Waals surface area (Å²) >= 11 is 0. The van der Waals surface area contributed by atoms with E-state index in [1.54, 1.807) is 0 Å². The molecule has 0 fully saturated rings. The quantitative estimate of drug-likeness (QED) is 0.140. The molecule has 11 aromatic carbocycles. The number of hydrogen-bond donors (Lipinski definition) is 0. The molecule has 0 aromatic heterocycles. The van der Waals surface area contributed by atoms with Crippen LogP contribution in [0.25, 0.3) is 44.5 Å². The van der Waals surface area contributed by atoms with Crippen LogP contribution in [0.2, 0.25) is 0 Å². The van der Waals surface area contributed by atoms with Gasteiger partial charge in [0.15, 0.2) is 0 Å². The van der Waals surface area contributed by atoms with Crippen LogP contribution in [0.3, 0.4) is 0 Å². The minimum atomic E-state index is -0.698. The zero-order chi connectivity index (χ0) is 45.8. The van der Waals surface area contributed by atoms with Gasteiger partial charge in [0.2, 0.25) is 0 Å². The van der Waals surface area contributed by atoms with Crippen molar-refractivity contribution in [2.75, 3.05) is 4.90 Å². The minimum Gasteiger partial charge on any atom is -0.310 e. The first kappa shape index (κ1) is 40.5. The molecule has 324 valence electrons. The van der Waals surface area contributed by atoms with Crippen molar-refractivity contribution < 1.29 is 0 Å². The van der Waals surface area contributed by atoms with E-state index in [-0.39, 0.29) is 0 Å². The fourth-order valence-electron chi connectivity index (χ4n) is 12.0. The maximum absolute atomic E-state index is 2.49. The Bertz CT molecular complexity index is 3640. The van der Waals surface area contributed by atoms with Gasteiger partial charge in [0.25, 0.3) is 0 Å². The zero-order valence-electron chi connectivity index (χ0n) is 38.1. The largest absolute Gasteiger partial charge is 0.310 e. The van der Waals surface area contributed by atoms with Crippen LogP contribution in [0.5, 0.6) is 0 Å². The Kier molecular flexibility index (Phi) is 9.70.